The molecule has 1 aromatic rings. The van der Waals surface area contributed by atoms with Crippen LogP contribution in [0.2, 0.25) is 0 Å². The Balaban J connectivity index is 1.92. The second-order valence-corrected chi connectivity index (χ2v) is 4.83. The van der Waals surface area contributed by atoms with Gasteiger partial charge in [-0.1, -0.05) is 0 Å². The molecule has 7 nitrogen and oxygen atoms in total. The summed E-state index contributed by atoms with van der Waals surface area (Å²) in [4.78, 5) is 28.2. The molecule has 0 spiro atoms. The van der Waals surface area contributed by atoms with Gasteiger partial charge in [0.15, 0.2) is 0 Å². The first-order valence-corrected chi connectivity index (χ1v) is 6.97. The van der Waals surface area contributed by atoms with E-state index in [1.807, 2.05) is 0 Å². The highest BCUT2D eigenvalue weighted by Crippen LogP contribution is 2.20. The van der Waals surface area contributed by atoms with Gasteiger partial charge in [0.25, 0.3) is 0 Å². The average molecular weight is 293 g/mol. The number of likely N-dealkylation sites (tertiary alicyclic amines) is 1. The van der Waals surface area contributed by atoms with Gasteiger partial charge >= 0.3 is 12.1 Å². The molecule has 0 aliphatic carbocycles. The lowest BCUT2D eigenvalue weighted by molar-refractivity contribution is 0.0697. The van der Waals surface area contributed by atoms with Crippen LogP contribution in [0.1, 0.15) is 30.1 Å². The van der Waals surface area contributed by atoms with Crippen molar-refractivity contribution >= 4 is 17.7 Å². The summed E-state index contributed by atoms with van der Waals surface area (Å²) in [5.74, 6) is -1.01. The molecule has 0 radical (unpaired) electrons. The largest absolute Gasteiger partial charge is 0.478 e. The van der Waals surface area contributed by atoms with Gasteiger partial charge in [-0.3, -0.25) is 4.98 Å². The molecule has 1 fully saturated rings. The van der Waals surface area contributed by atoms with Crippen molar-refractivity contribution in [1.29, 1.82) is 0 Å². The number of aromatic carboxylic acids is 1. The number of nitrogens with one attached hydrogen (secondary N) is 1. The van der Waals surface area contributed by atoms with Crippen LogP contribution in [0.5, 0.6) is 0 Å². The van der Waals surface area contributed by atoms with E-state index in [1.165, 1.54) is 6.20 Å². The second kappa shape index (κ2) is 6.92. The molecular formula is C14H19N3O4. The van der Waals surface area contributed by atoms with Crippen LogP contribution in [0.15, 0.2) is 18.5 Å². The minimum atomic E-state index is -1.01. The smallest absolute Gasteiger partial charge is 0.409 e. The zero-order valence-corrected chi connectivity index (χ0v) is 11.9. The van der Waals surface area contributed by atoms with Crippen molar-refractivity contribution in [3.05, 3.63) is 24.0 Å². The molecule has 1 aliphatic heterocycles. The van der Waals surface area contributed by atoms with E-state index in [1.54, 1.807) is 24.1 Å². The van der Waals surface area contributed by atoms with Crippen molar-refractivity contribution in [1.82, 2.24) is 9.88 Å². The first-order chi connectivity index (χ1) is 10.1. The number of piperidine rings is 1. The number of anilines is 1. The van der Waals surface area contributed by atoms with Crippen LogP contribution in [-0.2, 0) is 4.74 Å². The van der Waals surface area contributed by atoms with Crippen molar-refractivity contribution in [3.8, 4) is 0 Å². The number of pyridine rings is 1. The Kier molecular flexibility index (Phi) is 4.97. The highest BCUT2D eigenvalue weighted by atomic mass is 16.6. The number of amides is 1. The van der Waals surface area contributed by atoms with Crippen LogP contribution in [0.25, 0.3) is 0 Å². The Morgan fingerprint density at radius 2 is 2.19 bits per heavy atom. The number of hydrogen-bond acceptors (Lipinski definition) is 5. The van der Waals surface area contributed by atoms with E-state index in [0.717, 1.165) is 12.8 Å². The number of nitrogens with zero attached hydrogens (tertiary/aromatic N) is 2. The Labute approximate surface area is 122 Å². The van der Waals surface area contributed by atoms with Gasteiger partial charge in [0, 0.05) is 31.5 Å². The fraction of sp³-hybridized carbons (Fsp3) is 0.500. The maximum absolute atomic E-state index is 11.6. The van der Waals surface area contributed by atoms with Crippen LogP contribution in [-0.4, -0.2) is 52.8 Å². The van der Waals surface area contributed by atoms with Crippen LogP contribution in [0.3, 0.4) is 0 Å². The summed E-state index contributed by atoms with van der Waals surface area (Å²) < 4.78 is 4.97. The molecule has 21 heavy (non-hydrogen) atoms. The predicted molar refractivity (Wildman–Crippen MR) is 76.4 cm³/mol. The number of ether oxygens (including phenoxy) is 1. The molecule has 0 bridgehead atoms. The summed E-state index contributed by atoms with van der Waals surface area (Å²) in [6, 6.07) is 1.79. The first-order valence-electron chi connectivity index (χ1n) is 6.97. The van der Waals surface area contributed by atoms with E-state index in [-0.39, 0.29) is 17.7 Å². The van der Waals surface area contributed by atoms with Crippen LogP contribution in [0, 0.1) is 0 Å². The topological polar surface area (TPSA) is 91.8 Å². The van der Waals surface area contributed by atoms with E-state index in [4.69, 9.17) is 9.84 Å². The standard InChI is InChI=1S/C14H19N3O4/c1-2-21-14(20)17-7-4-10(5-8-17)16-12-3-6-15-9-11(12)13(18)19/h3,6,9-10H,2,4-5,7-8H2,1H3,(H,15,16)(H,18,19). The van der Waals surface area contributed by atoms with Gasteiger partial charge in [0.1, 0.15) is 5.56 Å². The molecule has 1 amide bonds. The number of aromatic nitrogens is 1. The van der Waals surface area contributed by atoms with E-state index in [2.05, 4.69) is 10.3 Å². The third-order valence-corrected chi connectivity index (χ3v) is 3.43. The molecule has 1 saturated heterocycles. The van der Waals surface area contributed by atoms with E-state index < -0.39 is 5.97 Å². The predicted octanol–water partition coefficient (Wildman–Crippen LogP) is 1.81. The minimum Gasteiger partial charge on any atom is -0.478 e. The summed E-state index contributed by atoms with van der Waals surface area (Å²) >= 11 is 0. The molecule has 2 heterocycles. The lowest BCUT2D eigenvalue weighted by Crippen LogP contribution is -2.42. The highest BCUT2D eigenvalue weighted by molar-refractivity contribution is 5.93. The summed E-state index contributed by atoms with van der Waals surface area (Å²) in [6.07, 6.45) is 4.10. The summed E-state index contributed by atoms with van der Waals surface area (Å²) in [5.41, 5.74) is 0.720. The third kappa shape index (κ3) is 3.84. The van der Waals surface area contributed by atoms with Gasteiger partial charge in [0.2, 0.25) is 0 Å². The van der Waals surface area contributed by atoms with Crippen molar-refractivity contribution in [2.45, 2.75) is 25.8 Å². The quantitative estimate of drug-likeness (QED) is 0.879. The minimum absolute atomic E-state index is 0.135. The van der Waals surface area contributed by atoms with Crippen LogP contribution in [0.4, 0.5) is 10.5 Å². The van der Waals surface area contributed by atoms with Crippen molar-refractivity contribution < 1.29 is 19.4 Å². The summed E-state index contributed by atoms with van der Waals surface area (Å²) in [6.45, 7) is 3.35. The molecule has 1 aliphatic rings. The molecule has 0 unspecified atom stereocenters. The van der Waals surface area contributed by atoms with Crippen LogP contribution >= 0.6 is 0 Å². The zero-order chi connectivity index (χ0) is 15.2. The maximum atomic E-state index is 11.6. The Bertz CT molecular complexity index is 513. The zero-order valence-electron chi connectivity index (χ0n) is 11.9. The van der Waals surface area contributed by atoms with Crippen LogP contribution < -0.4 is 5.32 Å². The molecule has 1 aromatic heterocycles. The number of carbonyl (C=O) groups is 2. The fourth-order valence-corrected chi connectivity index (χ4v) is 2.33. The lowest BCUT2D eigenvalue weighted by atomic mass is 10.0. The number of carbonyl (C=O) groups excluding carboxylic acids is 1. The monoisotopic (exact) mass is 293 g/mol. The normalized spacial score (nSPS) is 15.6. The van der Waals surface area contributed by atoms with Gasteiger partial charge in [-0.15, -0.1) is 0 Å². The van der Waals surface area contributed by atoms with Crippen molar-refractivity contribution in [3.63, 3.8) is 0 Å². The molecule has 0 atom stereocenters. The average Bonchev–Trinajstić information content (AvgIpc) is 2.48. The first kappa shape index (κ1) is 15.1. The summed E-state index contributed by atoms with van der Waals surface area (Å²) in [5, 5.41) is 12.3. The Hall–Kier alpha value is -2.31. The van der Waals surface area contributed by atoms with E-state index in [0.29, 0.717) is 25.4 Å². The number of hydrogen-bond donors (Lipinski definition) is 2. The third-order valence-electron chi connectivity index (χ3n) is 3.43. The van der Waals surface area contributed by atoms with Gasteiger partial charge in [0.05, 0.1) is 12.3 Å². The van der Waals surface area contributed by atoms with Gasteiger partial charge in [-0.2, -0.15) is 0 Å². The Morgan fingerprint density at radius 1 is 1.48 bits per heavy atom. The number of carboxylic acids is 1. The molecule has 7 heteroatoms. The molecule has 0 saturated carbocycles. The second-order valence-electron chi connectivity index (χ2n) is 4.83. The SMILES string of the molecule is CCOC(=O)N1CCC(Nc2ccncc2C(=O)O)CC1. The van der Waals surface area contributed by atoms with Gasteiger partial charge in [-0.05, 0) is 25.8 Å². The van der Waals surface area contributed by atoms with Crippen molar-refractivity contribution in [2.24, 2.45) is 0 Å². The summed E-state index contributed by atoms with van der Waals surface area (Å²) in [7, 11) is 0. The van der Waals surface area contributed by atoms with E-state index >= 15 is 0 Å². The number of carboxylic acid groups (broad SMARTS) is 1. The van der Waals surface area contributed by atoms with Gasteiger partial charge < -0.3 is 20.1 Å². The van der Waals surface area contributed by atoms with Crippen molar-refractivity contribution in [2.75, 3.05) is 25.0 Å². The molecule has 2 rings (SSSR count). The molecule has 2 N–H and O–H groups in total. The lowest BCUT2D eigenvalue weighted by Gasteiger charge is -2.32. The molecule has 0 aromatic carbocycles. The fourth-order valence-electron chi connectivity index (χ4n) is 2.33. The van der Waals surface area contributed by atoms with E-state index in [9.17, 15) is 9.59 Å². The maximum Gasteiger partial charge on any atom is 0.409 e. The van der Waals surface area contributed by atoms with Gasteiger partial charge in [-0.25, -0.2) is 9.59 Å². The molecular weight excluding hydrogens is 274 g/mol. The number of rotatable bonds is 4. The molecule has 114 valence electrons. The highest BCUT2D eigenvalue weighted by Gasteiger charge is 2.24. The Morgan fingerprint density at radius 3 is 2.81 bits per heavy atom.